The standard InChI is InChI=1S/IO3.Li.Zn/c2-1(3)4;;/q-1;+1;+2. The molecule has 0 saturated carbocycles. The first-order chi connectivity index (χ1) is 1.73. The van der Waals surface area contributed by atoms with Crippen LogP contribution in [0.2, 0.25) is 0 Å². The minimum Gasteiger partial charge on any atom is -0.427 e. The van der Waals surface area contributed by atoms with Gasteiger partial charge in [-0.15, -0.1) is 0 Å². The van der Waals surface area contributed by atoms with Crippen molar-refractivity contribution >= 4 is 0 Å². The maximum absolute atomic E-state index is 8.57. The predicted molar refractivity (Wildman–Crippen MR) is 0 cm³/mol. The van der Waals surface area contributed by atoms with E-state index < -0.39 is 21.1 Å². The van der Waals surface area contributed by atoms with Crippen molar-refractivity contribution in [1.29, 1.82) is 0 Å². The minimum absolute atomic E-state index is 0. The van der Waals surface area contributed by atoms with Gasteiger partial charge in [0.2, 0.25) is 0 Å². The van der Waals surface area contributed by atoms with E-state index >= 15 is 0 Å². The van der Waals surface area contributed by atoms with Crippen molar-refractivity contribution in [2.24, 2.45) is 0 Å². The van der Waals surface area contributed by atoms with Crippen LogP contribution in [0.1, 0.15) is 0 Å². The molecule has 0 N–H and O–H groups in total. The Kier molecular flexibility index (Phi) is 26.0. The Morgan fingerprint density at radius 1 is 1.00 bits per heavy atom. The maximum Gasteiger partial charge on any atom is 2.00 e. The van der Waals surface area contributed by atoms with E-state index in [1.807, 2.05) is 0 Å². The normalized spacial score (nSPS) is 6.00. The minimum atomic E-state index is -4.01. The molecule has 0 rings (SSSR count). The smallest absolute Gasteiger partial charge is 0.427 e. The molecule has 0 aliphatic carbocycles. The topological polar surface area (TPSA) is 69.2 Å². The van der Waals surface area contributed by atoms with Crippen LogP contribution in [0.4, 0.5) is 0 Å². The summed E-state index contributed by atoms with van der Waals surface area (Å²) in [5.41, 5.74) is 0. The van der Waals surface area contributed by atoms with Crippen LogP contribution in [0.15, 0.2) is 0 Å². The fourth-order valence-electron chi connectivity index (χ4n) is 0. The van der Waals surface area contributed by atoms with E-state index in [1.165, 1.54) is 0 Å². The van der Waals surface area contributed by atoms with Crippen LogP contribution in [0.25, 0.3) is 0 Å². The van der Waals surface area contributed by atoms with E-state index in [1.54, 1.807) is 0 Å². The zero-order chi connectivity index (χ0) is 3.58. The summed E-state index contributed by atoms with van der Waals surface area (Å²) in [5.74, 6) is 0. The summed E-state index contributed by atoms with van der Waals surface area (Å²) in [4.78, 5) is 0. The Bertz CT molecular complexity index is 15.5. The molecule has 0 atom stereocenters. The fourth-order valence-corrected chi connectivity index (χ4v) is 0. The number of rotatable bonds is 0. The second-order valence-electron chi connectivity index (χ2n) is 0.189. The quantitative estimate of drug-likeness (QED) is 0.315. The molecule has 0 saturated heterocycles. The number of hydrogen-bond acceptors (Lipinski definition) is 3. The van der Waals surface area contributed by atoms with Crippen molar-refractivity contribution in [1.82, 2.24) is 0 Å². The van der Waals surface area contributed by atoms with E-state index in [2.05, 4.69) is 0 Å². The van der Waals surface area contributed by atoms with Gasteiger partial charge in [0.05, 0.1) is 0 Å². The van der Waals surface area contributed by atoms with Crippen LogP contribution >= 0.6 is 0 Å². The third kappa shape index (κ3) is 40.6. The van der Waals surface area contributed by atoms with Gasteiger partial charge in [-0.1, -0.05) is 0 Å². The fraction of sp³-hybridized carbons (Fsp3) is 0. The summed E-state index contributed by atoms with van der Waals surface area (Å²) >= 11 is -4.01. The SMILES string of the molecule is [Li+].[O-][I+2]([O-])[O-].[Zn+2]. The molecule has 0 amide bonds. The molecule has 0 bridgehead atoms. The van der Waals surface area contributed by atoms with Gasteiger partial charge in [-0.05, 0) is 0 Å². The molecule has 0 aromatic rings. The number of hydrogen-bond donors (Lipinski definition) is 0. The molecule has 0 aromatic carbocycles. The molecule has 0 aromatic heterocycles. The van der Waals surface area contributed by atoms with Crippen LogP contribution in [0.5, 0.6) is 0 Å². The molecule has 0 heterocycles. The first kappa shape index (κ1) is 15.7. The third-order valence-electron chi connectivity index (χ3n) is 0. The van der Waals surface area contributed by atoms with Gasteiger partial charge in [-0.25, -0.2) is 0 Å². The average Bonchev–Trinajstić information content (AvgIpc) is 0.811. The monoisotopic (exact) mass is 246 g/mol. The molecular weight excluding hydrogens is 247 g/mol. The zero-order valence-corrected chi connectivity index (χ0v) is 8.43. The summed E-state index contributed by atoms with van der Waals surface area (Å²) in [5, 5.41) is 0. The summed E-state index contributed by atoms with van der Waals surface area (Å²) < 4.78 is 25.7. The largest absolute Gasteiger partial charge is 2.00 e. The van der Waals surface area contributed by atoms with Crippen molar-refractivity contribution in [3.63, 3.8) is 0 Å². The molecular formula is ILiO3Zn+2. The summed E-state index contributed by atoms with van der Waals surface area (Å²) in [6.07, 6.45) is 0. The van der Waals surface area contributed by atoms with Gasteiger partial charge in [0.25, 0.3) is 21.1 Å². The Labute approximate surface area is 69.1 Å². The van der Waals surface area contributed by atoms with Crippen molar-refractivity contribution in [2.75, 3.05) is 0 Å². The molecule has 0 radical (unpaired) electrons. The Morgan fingerprint density at radius 2 is 1.00 bits per heavy atom. The molecule has 0 unspecified atom stereocenters. The van der Waals surface area contributed by atoms with Gasteiger partial charge >= 0.3 is 38.3 Å². The van der Waals surface area contributed by atoms with Gasteiger partial charge in [0.15, 0.2) is 0 Å². The second-order valence-corrected chi connectivity index (χ2v) is 1.27. The van der Waals surface area contributed by atoms with Crippen LogP contribution in [0, 0.1) is 0 Å². The predicted octanol–water partition coefficient (Wildman–Crippen LogP) is -9.56. The molecule has 6 heavy (non-hydrogen) atoms. The zero-order valence-electron chi connectivity index (χ0n) is 3.31. The van der Waals surface area contributed by atoms with Gasteiger partial charge in [-0.2, -0.15) is 0 Å². The van der Waals surface area contributed by atoms with E-state index in [0.29, 0.717) is 0 Å². The van der Waals surface area contributed by atoms with Crippen molar-refractivity contribution in [3.8, 4) is 0 Å². The van der Waals surface area contributed by atoms with Gasteiger partial charge in [0.1, 0.15) is 0 Å². The van der Waals surface area contributed by atoms with E-state index in [4.69, 9.17) is 10.3 Å². The molecule has 6 heteroatoms. The third-order valence-corrected chi connectivity index (χ3v) is 0. The van der Waals surface area contributed by atoms with Crippen molar-refractivity contribution in [2.45, 2.75) is 0 Å². The molecule has 0 fully saturated rings. The van der Waals surface area contributed by atoms with E-state index in [-0.39, 0.29) is 38.3 Å². The summed E-state index contributed by atoms with van der Waals surface area (Å²) in [6, 6.07) is 0. The molecule has 26 valence electrons. The molecule has 0 aliphatic rings. The van der Waals surface area contributed by atoms with Crippen LogP contribution in [0.3, 0.4) is 0 Å². The Hall–Kier alpha value is 1.83. The van der Waals surface area contributed by atoms with E-state index in [9.17, 15) is 0 Å². The van der Waals surface area contributed by atoms with Crippen LogP contribution < -0.4 is 50.2 Å². The van der Waals surface area contributed by atoms with Crippen LogP contribution in [-0.2, 0) is 19.5 Å². The van der Waals surface area contributed by atoms with Crippen molar-refractivity contribution < 1.29 is 69.7 Å². The first-order valence-electron chi connectivity index (χ1n) is 0.463. The van der Waals surface area contributed by atoms with Gasteiger partial charge in [-0.3, -0.25) is 0 Å². The van der Waals surface area contributed by atoms with E-state index in [0.717, 1.165) is 0 Å². The van der Waals surface area contributed by atoms with Crippen molar-refractivity contribution in [3.05, 3.63) is 0 Å². The maximum atomic E-state index is 8.57. The summed E-state index contributed by atoms with van der Waals surface area (Å²) in [7, 11) is 0. The van der Waals surface area contributed by atoms with Crippen LogP contribution in [-0.4, -0.2) is 0 Å². The Morgan fingerprint density at radius 3 is 1.00 bits per heavy atom. The Balaban J connectivity index is -0.0000000450. The summed E-state index contributed by atoms with van der Waals surface area (Å²) in [6.45, 7) is 0. The second kappa shape index (κ2) is 9.95. The first-order valence-corrected chi connectivity index (χ1v) is 3.11. The average molecular weight is 247 g/mol. The molecule has 0 spiro atoms. The molecule has 3 nitrogen and oxygen atoms in total. The van der Waals surface area contributed by atoms with Gasteiger partial charge in [0, 0.05) is 0 Å². The molecule has 0 aliphatic heterocycles. The number of halogens is 1. The van der Waals surface area contributed by atoms with Gasteiger partial charge < -0.3 is 10.3 Å².